The predicted molar refractivity (Wildman–Crippen MR) is 281 cm³/mol. The number of hydrogen-bond acceptors (Lipinski definition) is 14. The zero-order valence-corrected chi connectivity index (χ0v) is 45.6. The second kappa shape index (κ2) is 20.8. The van der Waals surface area contributed by atoms with Gasteiger partial charge in [-0.15, -0.1) is 0 Å². The molecule has 0 spiro atoms. The van der Waals surface area contributed by atoms with Gasteiger partial charge in [-0.2, -0.15) is 46.7 Å². The lowest BCUT2D eigenvalue weighted by atomic mass is 9.64. The number of fused-ring (bicyclic) bond motifs is 2. The van der Waals surface area contributed by atoms with Gasteiger partial charge in [0.2, 0.25) is 5.69 Å². The Morgan fingerprint density at radius 2 is 1.08 bits per heavy atom. The van der Waals surface area contributed by atoms with Crippen molar-refractivity contribution in [2.75, 3.05) is 29.5 Å². The number of ketones is 2. The van der Waals surface area contributed by atoms with Crippen LogP contribution in [0.25, 0.3) is 0 Å². The van der Waals surface area contributed by atoms with Gasteiger partial charge in [0.15, 0.2) is 17.3 Å². The topological polar surface area (TPSA) is 350 Å². The molecule has 4 aromatic carbocycles. The first-order valence-electron chi connectivity index (χ1n) is 23.3. The number of carboxylic acids is 1. The van der Waals surface area contributed by atoms with Crippen molar-refractivity contribution in [2.45, 2.75) is 78.9 Å². The van der Waals surface area contributed by atoms with Gasteiger partial charge < -0.3 is 10.0 Å². The lowest BCUT2D eigenvalue weighted by Crippen LogP contribution is -2.42. The molecule has 0 amide bonds. The van der Waals surface area contributed by atoms with Crippen LogP contribution in [0.4, 0.5) is 11.4 Å². The standard InChI is InChI=1S/C51H52N2O19S5/c1-49(2)40-28-38(76(67,68)69)17-19-42(40)52(23-5-25-73(58,59)60)44(49)21-7-32-27-33(8-22-45-50(3,4)41-29-39(77(70,71)72)18-20-43(41)53(45)24-6-26-74(61,62)63)31-51(30-32,46(54)34-9-11-36(12-10-34)48(56)57)47(55)35-13-15-37(16-14-35)75(64,65)66/h7-22,27-29H,5-6,23-26,30-31H2,1-4H3,(H5-,56,57,58,59,60,61,62,63,64,65,66,67,68,69,70,71,72)/p+1. The molecule has 1 unspecified atom stereocenters. The quantitative estimate of drug-likeness (QED) is 0.0246. The highest BCUT2D eigenvalue weighted by Crippen LogP contribution is 2.50. The summed E-state index contributed by atoms with van der Waals surface area (Å²) in [6.45, 7) is 6.82. The molecule has 4 aromatic rings. The van der Waals surface area contributed by atoms with Crippen molar-refractivity contribution in [3.8, 4) is 0 Å². The van der Waals surface area contributed by atoms with Gasteiger partial charge in [-0.3, -0.25) is 32.4 Å². The summed E-state index contributed by atoms with van der Waals surface area (Å²) in [6, 6.07) is 16.6. The Morgan fingerprint density at radius 1 is 0.584 bits per heavy atom. The molecular formula is C51H53N2O19S5+. The van der Waals surface area contributed by atoms with Crippen molar-refractivity contribution >= 4 is 85.2 Å². The van der Waals surface area contributed by atoms with E-state index in [1.807, 2.05) is 0 Å². The third-order valence-corrected chi connectivity index (χ3v) is 18.0. The maximum Gasteiger partial charge on any atom is 0.335 e. The average molecular weight is 1160 g/mol. The Hall–Kier alpha value is -6.33. The summed E-state index contributed by atoms with van der Waals surface area (Å²) in [5.41, 5.74) is -1.77. The highest BCUT2D eigenvalue weighted by atomic mass is 32.2. The van der Waals surface area contributed by atoms with Crippen LogP contribution >= 0.6 is 0 Å². The van der Waals surface area contributed by atoms with E-state index in [1.165, 1.54) is 48.5 Å². The third kappa shape index (κ3) is 12.5. The van der Waals surface area contributed by atoms with Gasteiger partial charge in [-0.05, 0) is 123 Å². The highest BCUT2D eigenvalue weighted by Gasteiger charge is 2.50. The van der Waals surface area contributed by atoms with Crippen LogP contribution in [0, 0.1) is 5.41 Å². The number of anilines is 1. The van der Waals surface area contributed by atoms with Crippen LogP contribution in [0.3, 0.4) is 0 Å². The minimum Gasteiger partial charge on any atom is -0.478 e. The van der Waals surface area contributed by atoms with E-state index in [4.69, 9.17) is 0 Å². The summed E-state index contributed by atoms with van der Waals surface area (Å²) in [5, 5.41) is 9.70. The molecule has 3 aliphatic rings. The Labute approximate surface area is 445 Å². The monoisotopic (exact) mass is 1160 g/mol. The number of benzene rings is 4. The van der Waals surface area contributed by atoms with Crippen molar-refractivity contribution in [2.24, 2.45) is 5.41 Å². The Morgan fingerprint density at radius 3 is 1.61 bits per heavy atom. The number of carboxylic acid groups (broad SMARTS) is 1. The maximum atomic E-state index is 15.4. The molecule has 1 atom stereocenters. The van der Waals surface area contributed by atoms with Crippen molar-refractivity contribution < 1.29 is 88.9 Å². The molecule has 26 heteroatoms. The third-order valence-electron chi connectivity index (χ3n) is 13.9. The van der Waals surface area contributed by atoms with E-state index < -0.39 is 111 Å². The zero-order valence-electron chi connectivity index (χ0n) is 41.6. The Balaban J connectivity index is 1.47. The Bertz CT molecular complexity index is 3890. The smallest absolute Gasteiger partial charge is 0.335 e. The van der Waals surface area contributed by atoms with Gasteiger partial charge in [-0.1, -0.05) is 44.2 Å². The Kier molecular flexibility index (Phi) is 15.8. The van der Waals surface area contributed by atoms with E-state index in [-0.39, 0.29) is 66.6 Å². The first-order valence-corrected chi connectivity index (χ1v) is 30.9. The fourth-order valence-corrected chi connectivity index (χ4v) is 12.6. The van der Waals surface area contributed by atoms with Gasteiger partial charge in [0.1, 0.15) is 12.0 Å². The number of rotatable bonds is 19. The van der Waals surface area contributed by atoms with Crippen LogP contribution in [0.1, 0.15) is 95.6 Å². The molecular weight excluding hydrogens is 1100 g/mol. The van der Waals surface area contributed by atoms with Gasteiger partial charge in [0.25, 0.3) is 50.6 Å². The molecule has 21 nitrogen and oxygen atoms in total. The fraction of sp³-hybridized carbons (Fsp3) is 0.294. The molecule has 410 valence electrons. The largest absolute Gasteiger partial charge is 0.478 e. The number of aromatic carboxylic acids is 1. The minimum atomic E-state index is -4.76. The first-order chi connectivity index (χ1) is 35.4. The summed E-state index contributed by atoms with van der Waals surface area (Å²) in [4.78, 5) is 42.9. The summed E-state index contributed by atoms with van der Waals surface area (Å²) >= 11 is 0. The van der Waals surface area contributed by atoms with Crippen LogP contribution in [0.5, 0.6) is 0 Å². The molecule has 1 aliphatic carbocycles. The molecule has 0 saturated heterocycles. The molecule has 0 radical (unpaired) electrons. The second-order valence-corrected chi connectivity index (χ2v) is 27.3. The van der Waals surface area contributed by atoms with E-state index in [1.54, 1.807) is 67.6 Å². The minimum absolute atomic E-state index is 0.0453. The number of carbonyl (C=O) groups excluding carboxylic acids is 2. The second-order valence-electron chi connectivity index (χ2n) is 19.8. The van der Waals surface area contributed by atoms with Crippen molar-refractivity contribution in [1.82, 2.24) is 0 Å². The molecule has 77 heavy (non-hydrogen) atoms. The van der Waals surface area contributed by atoms with E-state index in [0.717, 1.165) is 36.4 Å². The maximum absolute atomic E-state index is 15.4. The molecule has 0 saturated carbocycles. The van der Waals surface area contributed by atoms with Crippen LogP contribution in [-0.2, 0) is 61.4 Å². The number of carbonyl (C=O) groups is 3. The molecule has 2 heterocycles. The van der Waals surface area contributed by atoms with E-state index in [2.05, 4.69) is 0 Å². The van der Waals surface area contributed by atoms with Crippen molar-refractivity contribution in [1.29, 1.82) is 0 Å². The van der Waals surface area contributed by atoms with Crippen LogP contribution < -0.4 is 4.90 Å². The summed E-state index contributed by atoms with van der Waals surface area (Å²) in [6.07, 6.45) is 7.00. The number of hydrogen-bond donors (Lipinski definition) is 6. The summed E-state index contributed by atoms with van der Waals surface area (Å²) < 4.78 is 172. The molecule has 7 rings (SSSR count). The fourth-order valence-electron chi connectivity index (χ4n) is 10.1. The lowest BCUT2D eigenvalue weighted by molar-refractivity contribution is -0.437. The molecule has 0 bridgehead atoms. The molecule has 6 N–H and O–H groups in total. The van der Waals surface area contributed by atoms with E-state index in [0.29, 0.717) is 33.9 Å². The average Bonchev–Trinajstić information content (AvgIpc) is 3.68. The van der Waals surface area contributed by atoms with Crippen LogP contribution in [-0.4, -0.2) is 122 Å². The molecule has 2 aliphatic heterocycles. The van der Waals surface area contributed by atoms with Gasteiger partial charge >= 0.3 is 5.97 Å². The predicted octanol–water partition coefficient (Wildman–Crippen LogP) is 6.69. The number of Topliss-reactive ketones (excluding diaryl/α,β-unsaturated/α-hetero) is 2. The van der Waals surface area contributed by atoms with Crippen LogP contribution in [0.15, 0.2) is 147 Å². The highest BCUT2D eigenvalue weighted by molar-refractivity contribution is 7.86. The van der Waals surface area contributed by atoms with Crippen molar-refractivity contribution in [3.05, 3.63) is 160 Å². The van der Waals surface area contributed by atoms with Gasteiger partial charge in [0.05, 0.1) is 37.2 Å². The summed E-state index contributed by atoms with van der Waals surface area (Å²) in [7, 11) is -23.1. The van der Waals surface area contributed by atoms with Gasteiger partial charge in [0, 0.05) is 58.6 Å². The van der Waals surface area contributed by atoms with E-state index in [9.17, 15) is 74.8 Å². The van der Waals surface area contributed by atoms with Crippen LogP contribution in [0.2, 0.25) is 0 Å². The van der Waals surface area contributed by atoms with Gasteiger partial charge in [-0.25, -0.2) is 4.79 Å². The number of allylic oxidation sites excluding steroid dienone is 8. The lowest BCUT2D eigenvalue weighted by Gasteiger charge is -2.35. The number of nitrogens with zero attached hydrogens (tertiary/aromatic N) is 2. The zero-order chi connectivity index (χ0) is 57.1. The normalized spacial score (nSPS) is 19.6. The first kappa shape index (κ1) is 58.4. The SMILES string of the molecule is CC1(C)C(/C=C/C2=CC(=C/C=C3/N(CCCS(=O)(=O)O)c4ccc(S(=O)(=O)O)cc4C3(C)C)/CC(C(=O)c3ccc(C(=O)O)cc3)(C(=O)c3ccc(S(=O)(=O)O)cc3)C2)=[N+](CCCS(=O)(=O)O)c2ccc(S(=O)(=O)O)cc21. The summed E-state index contributed by atoms with van der Waals surface area (Å²) in [5.74, 6) is -4.26. The van der Waals surface area contributed by atoms with E-state index >= 15 is 9.59 Å². The molecule has 0 fully saturated rings. The molecule has 0 aromatic heterocycles. The van der Waals surface area contributed by atoms with Crippen molar-refractivity contribution in [3.63, 3.8) is 0 Å².